The standard InChI is InChI=1S/C15H18BrN3O3S/c1-10(12-6-4-5-7-13(12)16)18-15(20)14-8-11(9-19(14)3)23(21,22)17-2/h4-10,17H,1-3H3,(H,18,20). The molecule has 1 heterocycles. The van der Waals surface area contributed by atoms with Crippen molar-refractivity contribution < 1.29 is 13.2 Å². The third-order valence-electron chi connectivity index (χ3n) is 3.51. The number of aromatic nitrogens is 1. The molecule has 0 aliphatic carbocycles. The van der Waals surface area contributed by atoms with Crippen LogP contribution in [0.1, 0.15) is 29.0 Å². The third-order valence-corrected chi connectivity index (χ3v) is 5.61. The highest BCUT2D eigenvalue weighted by atomic mass is 79.9. The number of nitrogens with one attached hydrogen (secondary N) is 2. The topological polar surface area (TPSA) is 80.2 Å². The van der Waals surface area contributed by atoms with E-state index in [4.69, 9.17) is 0 Å². The zero-order valence-electron chi connectivity index (χ0n) is 13.0. The van der Waals surface area contributed by atoms with Gasteiger partial charge in [-0.1, -0.05) is 34.1 Å². The smallest absolute Gasteiger partial charge is 0.268 e. The molecule has 0 spiro atoms. The highest BCUT2D eigenvalue weighted by Gasteiger charge is 2.20. The van der Waals surface area contributed by atoms with Gasteiger partial charge in [-0.25, -0.2) is 13.1 Å². The molecule has 6 nitrogen and oxygen atoms in total. The van der Waals surface area contributed by atoms with Crippen LogP contribution in [0.15, 0.2) is 45.9 Å². The van der Waals surface area contributed by atoms with Crippen molar-refractivity contribution in [2.45, 2.75) is 17.9 Å². The van der Waals surface area contributed by atoms with E-state index in [0.29, 0.717) is 0 Å². The molecular formula is C15H18BrN3O3S. The van der Waals surface area contributed by atoms with Crippen molar-refractivity contribution >= 4 is 31.9 Å². The third kappa shape index (κ3) is 3.82. The maximum atomic E-state index is 12.4. The highest BCUT2D eigenvalue weighted by molar-refractivity contribution is 9.10. The molecule has 1 atom stereocenters. The van der Waals surface area contributed by atoms with Gasteiger partial charge < -0.3 is 9.88 Å². The van der Waals surface area contributed by atoms with Crippen LogP contribution in [0.5, 0.6) is 0 Å². The Morgan fingerprint density at radius 3 is 2.57 bits per heavy atom. The molecule has 2 rings (SSSR count). The average molecular weight is 400 g/mol. The minimum atomic E-state index is -3.58. The first kappa shape index (κ1) is 17.7. The van der Waals surface area contributed by atoms with Crippen LogP contribution in [-0.4, -0.2) is 25.9 Å². The van der Waals surface area contributed by atoms with Crippen LogP contribution in [0.4, 0.5) is 0 Å². The lowest BCUT2D eigenvalue weighted by Gasteiger charge is -2.16. The summed E-state index contributed by atoms with van der Waals surface area (Å²) in [7, 11) is -0.617. The Hall–Kier alpha value is -1.64. The van der Waals surface area contributed by atoms with E-state index >= 15 is 0 Å². The first-order valence-corrected chi connectivity index (χ1v) is 9.19. The second-order valence-corrected chi connectivity index (χ2v) is 7.84. The number of benzene rings is 1. The maximum Gasteiger partial charge on any atom is 0.268 e. The van der Waals surface area contributed by atoms with Crippen LogP contribution in [0.3, 0.4) is 0 Å². The highest BCUT2D eigenvalue weighted by Crippen LogP contribution is 2.23. The number of aryl methyl sites for hydroxylation is 1. The summed E-state index contributed by atoms with van der Waals surface area (Å²) in [6.07, 6.45) is 1.41. The van der Waals surface area contributed by atoms with E-state index in [1.165, 1.54) is 23.9 Å². The van der Waals surface area contributed by atoms with Crippen molar-refractivity contribution in [3.8, 4) is 0 Å². The van der Waals surface area contributed by atoms with E-state index in [0.717, 1.165) is 10.0 Å². The molecule has 124 valence electrons. The van der Waals surface area contributed by atoms with Crippen molar-refractivity contribution in [2.75, 3.05) is 7.05 Å². The molecule has 0 aliphatic rings. The van der Waals surface area contributed by atoms with Gasteiger partial charge in [0.2, 0.25) is 10.0 Å². The van der Waals surface area contributed by atoms with Crippen molar-refractivity contribution in [1.29, 1.82) is 0 Å². The van der Waals surface area contributed by atoms with Crippen molar-refractivity contribution in [3.63, 3.8) is 0 Å². The Morgan fingerprint density at radius 1 is 1.30 bits per heavy atom. The lowest BCUT2D eigenvalue weighted by atomic mass is 10.1. The van der Waals surface area contributed by atoms with E-state index in [1.807, 2.05) is 31.2 Å². The second kappa shape index (κ2) is 6.86. The van der Waals surface area contributed by atoms with Gasteiger partial charge in [0.1, 0.15) is 10.6 Å². The number of carbonyl (C=O) groups is 1. The van der Waals surface area contributed by atoms with Gasteiger partial charge in [0.15, 0.2) is 0 Å². The zero-order chi connectivity index (χ0) is 17.2. The summed E-state index contributed by atoms with van der Waals surface area (Å²) in [4.78, 5) is 12.5. The van der Waals surface area contributed by atoms with E-state index in [2.05, 4.69) is 26.0 Å². The molecule has 2 aromatic rings. The number of nitrogens with zero attached hydrogens (tertiary/aromatic N) is 1. The summed E-state index contributed by atoms with van der Waals surface area (Å²) in [6.45, 7) is 1.87. The quantitative estimate of drug-likeness (QED) is 0.808. The van der Waals surface area contributed by atoms with E-state index in [1.54, 1.807) is 7.05 Å². The SMILES string of the molecule is CNS(=O)(=O)c1cc(C(=O)NC(C)c2ccccc2Br)n(C)c1. The normalized spacial score (nSPS) is 12.9. The average Bonchev–Trinajstić information content (AvgIpc) is 2.90. The summed E-state index contributed by atoms with van der Waals surface area (Å²) in [5.41, 5.74) is 1.22. The summed E-state index contributed by atoms with van der Waals surface area (Å²) < 4.78 is 28.3. The fourth-order valence-corrected chi connectivity index (χ4v) is 3.63. The second-order valence-electron chi connectivity index (χ2n) is 5.10. The Morgan fingerprint density at radius 2 is 1.96 bits per heavy atom. The summed E-state index contributed by atoms with van der Waals surface area (Å²) in [5.74, 6) is -0.340. The first-order chi connectivity index (χ1) is 10.8. The number of amides is 1. The van der Waals surface area contributed by atoms with Gasteiger partial charge in [-0.05, 0) is 31.7 Å². The van der Waals surface area contributed by atoms with Crippen LogP contribution >= 0.6 is 15.9 Å². The molecule has 0 saturated heterocycles. The minimum Gasteiger partial charge on any atom is -0.345 e. The molecule has 1 aromatic carbocycles. The lowest BCUT2D eigenvalue weighted by molar-refractivity contribution is 0.0931. The number of sulfonamides is 1. The largest absolute Gasteiger partial charge is 0.345 e. The van der Waals surface area contributed by atoms with Gasteiger partial charge in [-0.3, -0.25) is 4.79 Å². The molecule has 8 heteroatoms. The van der Waals surface area contributed by atoms with Crippen molar-refractivity contribution in [3.05, 3.63) is 52.3 Å². The molecule has 1 aromatic heterocycles. The molecule has 1 unspecified atom stereocenters. The first-order valence-electron chi connectivity index (χ1n) is 6.91. The number of hydrogen-bond acceptors (Lipinski definition) is 3. The van der Waals surface area contributed by atoms with Gasteiger partial charge in [-0.2, -0.15) is 0 Å². The zero-order valence-corrected chi connectivity index (χ0v) is 15.4. The lowest BCUT2D eigenvalue weighted by Crippen LogP contribution is -2.28. The van der Waals surface area contributed by atoms with Gasteiger partial charge in [-0.15, -0.1) is 0 Å². The predicted molar refractivity (Wildman–Crippen MR) is 91.7 cm³/mol. The molecule has 0 aliphatic heterocycles. The van der Waals surface area contributed by atoms with E-state index in [-0.39, 0.29) is 22.5 Å². The Balaban J connectivity index is 2.23. The van der Waals surface area contributed by atoms with Crippen LogP contribution in [0, 0.1) is 0 Å². The molecule has 23 heavy (non-hydrogen) atoms. The minimum absolute atomic E-state index is 0.0567. The van der Waals surface area contributed by atoms with Gasteiger partial charge in [0.05, 0.1) is 6.04 Å². The Kier molecular flexibility index (Phi) is 5.28. The molecule has 0 bridgehead atoms. The fraction of sp³-hybridized carbons (Fsp3) is 0.267. The summed E-state index contributed by atoms with van der Waals surface area (Å²) >= 11 is 3.45. The Labute approximate surface area is 144 Å². The number of halogens is 1. The summed E-state index contributed by atoms with van der Waals surface area (Å²) in [6, 6.07) is 8.73. The monoisotopic (exact) mass is 399 g/mol. The predicted octanol–water partition coefficient (Wildman–Crippen LogP) is 2.19. The molecule has 1 amide bonds. The molecule has 0 saturated carbocycles. The van der Waals surface area contributed by atoms with Crippen LogP contribution in [0.2, 0.25) is 0 Å². The fourth-order valence-electron chi connectivity index (χ4n) is 2.20. The maximum absolute atomic E-state index is 12.4. The van der Waals surface area contributed by atoms with Crippen LogP contribution < -0.4 is 10.0 Å². The molecular weight excluding hydrogens is 382 g/mol. The van der Waals surface area contributed by atoms with Gasteiger partial charge >= 0.3 is 0 Å². The molecule has 2 N–H and O–H groups in total. The number of carbonyl (C=O) groups excluding carboxylic acids is 1. The van der Waals surface area contributed by atoms with Gasteiger partial charge in [0, 0.05) is 17.7 Å². The van der Waals surface area contributed by atoms with E-state index < -0.39 is 10.0 Å². The van der Waals surface area contributed by atoms with Crippen molar-refractivity contribution in [2.24, 2.45) is 7.05 Å². The number of hydrogen-bond donors (Lipinski definition) is 2. The summed E-state index contributed by atoms with van der Waals surface area (Å²) in [5, 5.41) is 2.87. The van der Waals surface area contributed by atoms with Crippen LogP contribution in [-0.2, 0) is 17.1 Å². The number of rotatable bonds is 5. The van der Waals surface area contributed by atoms with Crippen molar-refractivity contribution in [1.82, 2.24) is 14.6 Å². The van der Waals surface area contributed by atoms with Crippen LogP contribution in [0.25, 0.3) is 0 Å². The van der Waals surface area contributed by atoms with E-state index in [9.17, 15) is 13.2 Å². The molecule has 0 fully saturated rings. The molecule has 0 radical (unpaired) electrons. The van der Waals surface area contributed by atoms with Gasteiger partial charge in [0.25, 0.3) is 5.91 Å². The Bertz CT molecular complexity index is 830.